The van der Waals surface area contributed by atoms with Crippen LogP contribution >= 0.6 is 34.5 Å². The fraction of sp³-hybridized carbons (Fsp3) is 0.385. The van der Waals surface area contributed by atoms with Crippen LogP contribution in [0.4, 0.5) is 5.13 Å². The summed E-state index contributed by atoms with van der Waals surface area (Å²) in [5.74, 6) is -0.798. The van der Waals surface area contributed by atoms with E-state index in [1.54, 1.807) is 6.07 Å². The van der Waals surface area contributed by atoms with Crippen LogP contribution in [-0.2, 0) is 4.79 Å². The Labute approximate surface area is 129 Å². The Morgan fingerprint density at radius 2 is 2.20 bits per heavy atom. The molecule has 0 aliphatic carbocycles. The Kier molecular flexibility index (Phi) is 3.75. The summed E-state index contributed by atoms with van der Waals surface area (Å²) < 4.78 is 0.882. The molecule has 0 bridgehead atoms. The highest BCUT2D eigenvalue weighted by molar-refractivity contribution is 7.22. The van der Waals surface area contributed by atoms with E-state index in [2.05, 4.69) is 4.98 Å². The van der Waals surface area contributed by atoms with Gasteiger partial charge in [-0.05, 0) is 31.4 Å². The molecule has 0 radical (unpaired) electrons. The first-order valence-corrected chi connectivity index (χ1v) is 7.88. The number of aromatic nitrogens is 1. The van der Waals surface area contributed by atoms with Gasteiger partial charge in [0, 0.05) is 11.6 Å². The third-order valence-electron chi connectivity index (χ3n) is 3.44. The van der Waals surface area contributed by atoms with Gasteiger partial charge in [0.15, 0.2) is 5.13 Å². The molecule has 1 atom stereocenters. The molecule has 2 heterocycles. The summed E-state index contributed by atoms with van der Waals surface area (Å²) in [6.07, 6.45) is 2.57. The maximum atomic E-state index is 11.4. The first kappa shape index (κ1) is 13.9. The highest BCUT2D eigenvalue weighted by Gasteiger charge is 2.30. The summed E-state index contributed by atoms with van der Waals surface area (Å²) in [7, 11) is 0. The molecule has 7 heteroatoms. The van der Waals surface area contributed by atoms with Crippen molar-refractivity contribution in [1.82, 2.24) is 4.98 Å². The van der Waals surface area contributed by atoms with Gasteiger partial charge in [0.25, 0.3) is 0 Å². The van der Waals surface area contributed by atoms with Crippen LogP contribution < -0.4 is 4.90 Å². The number of fused-ring (bicyclic) bond motifs is 1. The van der Waals surface area contributed by atoms with Crippen molar-refractivity contribution < 1.29 is 9.90 Å². The minimum atomic E-state index is -0.798. The molecule has 1 saturated heterocycles. The van der Waals surface area contributed by atoms with E-state index in [-0.39, 0.29) is 0 Å². The van der Waals surface area contributed by atoms with Crippen molar-refractivity contribution in [2.24, 2.45) is 0 Å². The molecule has 2 aromatic rings. The van der Waals surface area contributed by atoms with Crippen LogP contribution in [0.3, 0.4) is 0 Å². The first-order chi connectivity index (χ1) is 9.56. The molecular weight excluding hydrogens is 319 g/mol. The van der Waals surface area contributed by atoms with Crippen LogP contribution in [0.25, 0.3) is 10.2 Å². The van der Waals surface area contributed by atoms with Crippen molar-refractivity contribution in [3.8, 4) is 0 Å². The van der Waals surface area contributed by atoms with Gasteiger partial charge in [-0.25, -0.2) is 9.78 Å². The molecule has 1 aliphatic rings. The lowest BCUT2D eigenvalue weighted by Crippen LogP contribution is -2.44. The van der Waals surface area contributed by atoms with E-state index in [1.807, 2.05) is 11.0 Å². The van der Waals surface area contributed by atoms with E-state index < -0.39 is 12.0 Å². The molecular formula is C13H12Cl2N2O2S. The average Bonchev–Trinajstić information content (AvgIpc) is 2.82. The summed E-state index contributed by atoms with van der Waals surface area (Å²) >= 11 is 13.6. The molecule has 106 valence electrons. The number of carbonyl (C=O) groups is 1. The van der Waals surface area contributed by atoms with Crippen molar-refractivity contribution in [3.63, 3.8) is 0 Å². The molecule has 0 saturated carbocycles. The highest BCUT2D eigenvalue weighted by Crippen LogP contribution is 2.37. The first-order valence-electron chi connectivity index (χ1n) is 6.31. The number of aliphatic carboxylic acids is 1. The standard InChI is InChI=1S/C13H12Cl2N2O2S/c14-7-5-8(15)11-10(6-7)20-13(16-11)17-4-2-1-3-9(17)12(18)19/h5-6,9H,1-4H2,(H,18,19). The number of rotatable bonds is 2. The van der Waals surface area contributed by atoms with Gasteiger partial charge >= 0.3 is 5.97 Å². The van der Waals surface area contributed by atoms with Crippen molar-refractivity contribution in [2.45, 2.75) is 25.3 Å². The fourth-order valence-electron chi connectivity index (χ4n) is 2.49. The minimum Gasteiger partial charge on any atom is -0.480 e. The van der Waals surface area contributed by atoms with Gasteiger partial charge in [0.05, 0.1) is 9.72 Å². The quantitative estimate of drug-likeness (QED) is 0.902. The van der Waals surface area contributed by atoms with Crippen molar-refractivity contribution in [2.75, 3.05) is 11.4 Å². The molecule has 4 nitrogen and oxygen atoms in total. The lowest BCUT2D eigenvalue weighted by Gasteiger charge is -2.32. The van der Waals surface area contributed by atoms with Crippen LogP contribution in [0.2, 0.25) is 10.0 Å². The summed E-state index contributed by atoms with van der Waals surface area (Å²) in [6, 6.07) is 2.96. The summed E-state index contributed by atoms with van der Waals surface area (Å²) in [5.41, 5.74) is 0.686. The Balaban J connectivity index is 2.04. The molecule has 0 spiro atoms. The van der Waals surface area contributed by atoms with E-state index in [4.69, 9.17) is 23.2 Å². The Morgan fingerprint density at radius 3 is 2.95 bits per heavy atom. The fourth-order valence-corrected chi connectivity index (χ4v) is 4.25. The number of hydrogen-bond donors (Lipinski definition) is 1. The smallest absolute Gasteiger partial charge is 0.326 e. The zero-order chi connectivity index (χ0) is 14.3. The minimum absolute atomic E-state index is 0.499. The Hall–Kier alpha value is -1.04. The molecule has 0 amide bonds. The van der Waals surface area contributed by atoms with Crippen molar-refractivity contribution in [1.29, 1.82) is 0 Å². The van der Waals surface area contributed by atoms with Gasteiger partial charge in [-0.1, -0.05) is 34.5 Å². The monoisotopic (exact) mass is 330 g/mol. The SMILES string of the molecule is O=C(O)C1CCCCN1c1nc2c(Cl)cc(Cl)cc2s1. The van der Waals surface area contributed by atoms with E-state index >= 15 is 0 Å². The number of piperidine rings is 1. The topological polar surface area (TPSA) is 53.4 Å². The predicted octanol–water partition coefficient (Wildman–Crippen LogP) is 4.05. The van der Waals surface area contributed by atoms with Crippen LogP contribution in [0, 0.1) is 0 Å². The molecule has 20 heavy (non-hydrogen) atoms. The number of anilines is 1. The second kappa shape index (κ2) is 5.39. The highest BCUT2D eigenvalue weighted by atomic mass is 35.5. The number of thiazole rings is 1. The normalized spacial score (nSPS) is 19.5. The maximum Gasteiger partial charge on any atom is 0.326 e. The molecule has 1 fully saturated rings. The predicted molar refractivity (Wildman–Crippen MR) is 82.3 cm³/mol. The second-order valence-corrected chi connectivity index (χ2v) is 6.63. The number of halogens is 2. The molecule has 1 aromatic heterocycles. The zero-order valence-electron chi connectivity index (χ0n) is 10.5. The van der Waals surface area contributed by atoms with E-state index in [1.165, 1.54) is 11.3 Å². The number of carboxylic acids is 1. The summed E-state index contributed by atoms with van der Waals surface area (Å²) in [6.45, 7) is 0.710. The van der Waals surface area contributed by atoms with Crippen LogP contribution in [0.1, 0.15) is 19.3 Å². The van der Waals surface area contributed by atoms with Gasteiger partial charge in [0.2, 0.25) is 0 Å². The van der Waals surface area contributed by atoms with Gasteiger partial charge in [-0.15, -0.1) is 0 Å². The second-order valence-electron chi connectivity index (χ2n) is 4.77. The lowest BCUT2D eigenvalue weighted by molar-refractivity contribution is -0.139. The van der Waals surface area contributed by atoms with Gasteiger partial charge in [-0.2, -0.15) is 0 Å². The van der Waals surface area contributed by atoms with E-state index in [0.717, 1.165) is 17.5 Å². The van der Waals surface area contributed by atoms with E-state index in [0.29, 0.717) is 33.7 Å². The number of benzene rings is 1. The Morgan fingerprint density at radius 1 is 1.40 bits per heavy atom. The molecule has 1 aromatic carbocycles. The largest absolute Gasteiger partial charge is 0.480 e. The number of nitrogens with zero attached hydrogens (tertiary/aromatic N) is 2. The molecule has 1 unspecified atom stereocenters. The summed E-state index contributed by atoms with van der Waals surface area (Å²) in [5, 5.41) is 11.1. The van der Waals surface area contributed by atoms with Gasteiger partial charge in [-0.3, -0.25) is 0 Å². The number of hydrogen-bond acceptors (Lipinski definition) is 4. The van der Waals surface area contributed by atoms with Gasteiger partial charge in [0.1, 0.15) is 11.6 Å². The number of carboxylic acid groups (broad SMARTS) is 1. The third-order valence-corrected chi connectivity index (χ3v) is 4.98. The molecule has 1 N–H and O–H groups in total. The van der Waals surface area contributed by atoms with Crippen LogP contribution in [0.5, 0.6) is 0 Å². The van der Waals surface area contributed by atoms with Crippen LogP contribution in [0.15, 0.2) is 12.1 Å². The Bertz CT molecular complexity index is 674. The zero-order valence-corrected chi connectivity index (χ0v) is 12.8. The lowest BCUT2D eigenvalue weighted by atomic mass is 10.0. The average molecular weight is 331 g/mol. The molecule has 1 aliphatic heterocycles. The van der Waals surface area contributed by atoms with Crippen LogP contribution in [-0.4, -0.2) is 28.6 Å². The van der Waals surface area contributed by atoms with Crippen molar-refractivity contribution in [3.05, 3.63) is 22.2 Å². The molecule has 3 rings (SSSR count). The summed E-state index contributed by atoms with van der Waals surface area (Å²) in [4.78, 5) is 17.7. The van der Waals surface area contributed by atoms with E-state index in [9.17, 15) is 9.90 Å². The van der Waals surface area contributed by atoms with Crippen molar-refractivity contribution >= 4 is 55.9 Å². The maximum absolute atomic E-state index is 11.4. The van der Waals surface area contributed by atoms with Gasteiger partial charge < -0.3 is 10.0 Å². The third kappa shape index (κ3) is 2.45.